The molecule has 0 aromatic carbocycles. The third-order valence-corrected chi connectivity index (χ3v) is 5.04. The third-order valence-electron chi connectivity index (χ3n) is 3.51. The molecule has 1 saturated heterocycles. The molecular formula is C12H22N4O3S. The minimum atomic E-state index is -3.64. The Hall–Kier alpha value is -0.960. The Morgan fingerprint density at radius 3 is 2.90 bits per heavy atom. The molecule has 0 saturated carbocycles. The van der Waals surface area contributed by atoms with Gasteiger partial charge in [0, 0.05) is 30.5 Å². The van der Waals surface area contributed by atoms with E-state index in [2.05, 4.69) is 20.2 Å². The van der Waals surface area contributed by atoms with E-state index in [1.165, 1.54) is 0 Å². The van der Waals surface area contributed by atoms with Gasteiger partial charge in [-0.05, 0) is 33.7 Å². The first kappa shape index (κ1) is 15.4. The average Bonchev–Trinajstić information content (AvgIpc) is 3.00. The lowest BCUT2D eigenvalue weighted by atomic mass is 10.1. The third kappa shape index (κ3) is 3.20. The van der Waals surface area contributed by atoms with Gasteiger partial charge in [0.25, 0.3) is 10.0 Å². The number of aryl methyl sites for hydroxylation is 1. The second-order valence-corrected chi connectivity index (χ2v) is 6.75. The van der Waals surface area contributed by atoms with Crippen LogP contribution in [0.1, 0.15) is 31.0 Å². The highest BCUT2D eigenvalue weighted by Crippen LogP contribution is 2.19. The molecule has 1 aromatic rings. The first-order chi connectivity index (χ1) is 9.45. The van der Waals surface area contributed by atoms with Crippen molar-refractivity contribution in [3.63, 3.8) is 0 Å². The van der Waals surface area contributed by atoms with Gasteiger partial charge in [0.15, 0.2) is 5.03 Å². The summed E-state index contributed by atoms with van der Waals surface area (Å²) in [6.45, 7) is 4.78. The Bertz CT molecular complexity index is 549. The molecule has 0 aliphatic carbocycles. The van der Waals surface area contributed by atoms with Crippen molar-refractivity contribution in [2.75, 3.05) is 13.7 Å². The molecule has 114 valence electrons. The van der Waals surface area contributed by atoms with Gasteiger partial charge in [-0.3, -0.25) is 5.10 Å². The fraction of sp³-hybridized carbons (Fsp3) is 0.750. The van der Waals surface area contributed by atoms with Crippen molar-refractivity contribution >= 4 is 10.0 Å². The van der Waals surface area contributed by atoms with Gasteiger partial charge in [0.05, 0.1) is 6.10 Å². The fourth-order valence-corrected chi connectivity index (χ4v) is 3.88. The van der Waals surface area contributed by atoms with E-state index in [0.29, 0.717) is 18.7 Å². The predicted molar refractivity (Wildman–Crippen MR) is 74.8 cm³/mol. The first-order valence-electron chi connectivity index (χ1n) is 6.78. The molecule has 3 N–H and O–H groups in total. The Kier molecular flexibility index (Phi) is 4.79. The number of sulfonamides is 1. The minimum Gasteiger partial charge on any atom is -0.377 e. The second-order valence-electron chi connectivity index (χ2n) is 5.12. The molecule has 1 aromatic heterocycles. The lowest BCUT2D eigenvalue weighted by Gasteiger charge is -2.19. The first-order valence-corrected chi connectivity index (χ1v) is 8.26. The number of aromatic nitrogens is 2. The molecule has 2 unspecified atom stereocenters. The molecule has 1 aliphatic rings. The van der Waals surface area contributed by atoms with E-state index in [-0.39, 0.29) is 17.2 Å². The Morgan fingerprint density at radius 1 is 1.55 bits per heavy atom. The van der Waals surface area contributed by atoms with Gasteiger partial charge >= 0.3 is 0 Å². The van der Waals surface area contributed by atoms with Gasteiger partial charge in [-0.25, -0.2) is 13.1 Å². The Labute approximate surface area is 119 Å². The van der Waals surface area contributed by atoms with Crippen LogP contribution in [0.4, 0.5) is 0 Å². The van der Waals surface area contributed by atoms with Crippen LogP contribution in [0.5, 0.6) is 0 Å². The summed E-state index contributed by atoms with van der Waals surface area (Å²) in [6, 6.07) is -0.262. The standard InChI is InChI=1S/C12H22N4O3S/c1-8-10(7-13-3)12(15-14-8)20(17,18)16-9(2)11-5-4-6-19-11/h9,11,13,16H,4-7H2,1-3H3,(H,14,15). The second kappa shape index (κ2) is 6.21. The average molecular weight is 302 g/mol. The zero-order valence-corrected chi connectivity index (χ0v) is 12.9. The van der Waals surface area contributed by atoms with Crippen LogP contribution in [0, 0.1) is 6.92 Å². The van der Waals surface area contributed by atoms with E-state index < -0.39 is 10.0 Å². The number of nitrogens with one attached hydrogen (secondary N) is 3. The summed E-state index contributed by atoms with van der Waals surface area (Å²) in [5.41, 5.74) is 1.42. The number of rotatable bonds is 6. The number of hydrogen-bond donors (Lipinski definition) is 3. The maximum absolute atomic E-state index is 12.4. The van der Waals surface area contributed by atoms with Crippen molar-refractivity contribution in [3.05, 3.63) is 11.3 Å². The minimum absolute atomic E-state index is 0.0578. The highest BCUT2D eigenvalue weighted by Gasteiger charge is 2.30. The molecule has 20 heavy (non-hydrogen) atoms. The number of ether oxygens (including phenoxy) is 1. The normalized spacial score (nSPS) is 21.2. The molecule has 0 radical (unpaired) electrons. The van der Waals surface area contributed by atoms with Gasteiger partial charge in [0.1, 0.15) is 0 Å². The molecule has 2 atom stereocenters. The SMILES string of the molecule is CNCc1c(S(=O)(=O)NC(C)C2CCCO2)n[nH]c1C. The fourth-order valence-electron chi connectivity index (χ4n) is 2.41. The molecule has 1 fully saturated rings. The zero-order chi connectivity index (χ0) is 14.8. The summed E-state index contributed by atoms with van der Waals surface area (Å²) in [4.78, 5) is 0. The van der Waals surface area contributed by atoms with E-state index in [4.69, 9.17) is 4.74 Å². The van der Waals surface area contributed by atoms with Crippen molar-refractivity contribution in [2.24, 2.45) is 0 Å². The zero-order valence-electron chi connectivity index (χ0n) is 12.1. The quantitative estimate of drug-likeness (QED) is 0.701. The van der Waals surface area contributed by atoms with Crippen LogP contribution in [0.25, 0.3) is 0 Å². The topological polar surface area (TPSA) is 96.1 Å². The molecule has 7 nitrogen and oxygen atoms in total. The summed E-state index contributed by atoms with van der Waals surface area (Å²) in [5.74, 6) is 0. The van der Waals surface area contributed by atoms with Crippen molar-refractivity contribution in [1.29, 1.82) is 0 Å². The monoisotopic (exact) mass is 302 g/mol. The maximum Gasteiger partial charge on any atom is 0.260 e. The number of aromatic amines is 1. The maximum atomic E-state index is 12.4. The summed E-state index contributed by atoms with van der Waals surface area (Å²) in [5, 5.41) is 9.68. The highest BCUT2D eigenvalue weighted by molar-refractivity contribution is 7.89. The Balaban J connectivity index is 2.17. The predicted octanol–water partition coefficient (Wildman–Crippen LogP) is 0.283. The van der Waals surface area contributed by atoms with Crippen LogP contribution in [0.2, 0.25) is 0 Å². The molecule has 2 heterocycles. The highest BCUT2D eigenvalue weighted by atomic mass is 32.2. The summed E-state index contributed by atoms with van der Waals surface area (Å²) >= 11 is 0. The lowest BCUT2D eigenvalue weighted by Crippen LogP contribution is -2.41. The van der Waals surface area contributed by atoms with Gasteiger partial charge in [0.2, 0.25) is 0 Å². The van der Waals surface area contributed by atoms with E-state index in [1.54, 1.807) is 7.05 Å². The van der Waals surface area contributed by atoms with Crippen molar-refractivity contribution < 1.29 is 13.2 Å². The molecular weight excluding hydrogens is 280 g/mol. The largest absolute Gasteiger partial charge is 0.377 e. The number of nitrogens with zero attached hydrogens (tertiary/aromatic N) is 1. The van der Waals surface area contributed by atoms with Crippen molar-refractivity contribution in [3.8, 4) is 0 Å². The van der Waals surface area contributed by atoms with Crippen LogP contribution in [-0.4, -0.2) is 44.4 Å². The molecule has 0 amide bonds. The van der Waals surface area contributed by atoms with Gasteiger partial charge in [-0.15, -0.1) is 0 Å². The van der Waals surface area contributed by atoms with Crippen LogP contribution >= 0.6 is 0 Å². The van der Waals surface area contributed by atoms with Crippen LogP contribution in [-0.2, 0) is 21.3 Å². The van der Waals surface area contributed by atoms with Gasteiger partial charge in [-0.2, -0.15) is 5.10 Å². The Morgan fingerprint density at radius 2 is 2.30 bits per heavy atom. The van der Waals surface area contributed by atoms with E-state index in [9.17, 15) is 8.42 Å². The van der Waals surface area contributed by atoms with Crippen LogP contribution in [0.15, 0.2) is 5.03 Å². The van der Waals surface area contributed by atoms with Gasteiger partial charge < -0.3 is 10.1 Å². The molecule has 0 spiro atoms. The van der Waals surface area contributed by atoms with Crippen molar-refractivity contribution in [1.82, 2.24) is 20.2 Å². The summed E-state index contributed by atoms with van der Waals surface area (Å²) < 4.78 is 33.0. The van der Waals surface area contributed by atoms with E-state index in [0.717, 1.165) is 18.5 Å². The van der Waals surface area contributed by atoms with E-state index in [1.807, 2.05) is 13.8 Å². The molecule has 1 aliphatic heterocycles. The number of H-pyrrole nitrogens is 1. The van der Waals surface area contributed by atoms with E-state index >= 15 is 0 Å². The summed E-state index contributed by atoms with van der Waals surface area (Å²) in [7, 11) is -1.87. The smallest absolute Gasteiger partial charge is 0.260 e. The van der Waals surface area contributed by atoms with Crippen LogP contribution < -0.4 is 10.0 Å². The molecule has 0 bridgehead atoms. The number of hydrogen-bond acceptors (Lipinski definition) is 5. The lowest BCUT2D eigenvalue weighted by molar-refractivity contribution is 0.0902. The van der Waals surface area contributed by atoms with Crippen LogP contribution in [0.3, 0.4) is 0 Å². The van der Waals surface area contributed by atoms with Gasteiger partial charge in [-0.1, -0.05) is 0 Å². The molecule has 2 rings (SSSR count). The summed E-state index contributed by atoms with van der Waals surface area (Å²) in [6.07, 6.45) is 1.80. The molecule has 8 heteroatoms. The van der Waals surface area contributed by atoms with Crippen molar-refractivity contribution in [2.45, 2.75) is 50.4 Å².